The molecule has 0 radical (unpaired) electrons. The highest BCUT2D eigenvalue weighted by Gasteiger charge is 2.45. The number of carbonyl (C=O) groups excluding carboxylic acids is 1. The predicted molar refractivity (Wildman–Crippen MR) is 107 cm³/mol. The van der Waals surface area contributed by atoms with E-state index in [9.17, 15) is 14.0 Å². The molecule has 0 N–H and O–H groups in total. The van der Waals surface area contributed by atoms with Crippen molar-refractivity contribution in [3.8, 4) is 0 Å². The van der Waals surface area contributed by atoms with Gasteiger partial charge in [-0.2, -0.15) is 4.98 Å². The Balaban J connectivity index is 1.70. The number of rotatable bonds is 1. The second-order valence-corrected chi connectivity index (χ2v) is 8.94. The maximum atomic E-state index is 14.6. The molecule has 10 heteroatoms. The molecular formula is C19H23ClFN5O3. The van der Waals surface area contributed by atoms with Crippen LogP contribution in [0.25, 0.3) is 10.9 Å². The molecular weight excluding hydrogens is 401 g/mol. The number of halogens is 2. The van der Waals surface area contributed by atoms with E-state index in [1.807, 2.05) is 25.7 Å². The van der Waals surface area contributed by atoms with Crippen molar-refractivity contribution in [1.82, 2.24) is 19.4 Å². The Labute approximate surface area is 172 Å². The summed E-state index contributed by atoms with van der Waals surface area (Å²) in [5.74, 6) is -0.380. The molecule has 29 heavy (non-hydrogen) atoms. The summed E-state index contributed by atoms with van der Waals surface area (Å²) in [6.45, 7) is 6.48. The van der Waals surface area contributed by atoms with Crippen LogP contribution in [0.15, 0.2) is 11.0 Å². The number of anilines is 1. The number of aromatic nitrogens is 3. The maximum Gasteiger partial charge on any atom is 0.410 e. The number of fused-ring (bicyclic) bond motifs is 3. The molecule has 2 aromatic heterocycles. The summed E-state index contributed by atoms with van der Waals surface area (Å²) < 4.78 is 21.3. The molecule has 2 aliphatic rings. The van der Waals surface area contributed by atoms with Gasteiger partial charge in [0.2, 0.25) is 0 Å². The molecule has 2 unspecified atom stereocenters. The van der Waals surface area contributed by atoms with Gasteiger partial charge in [0.15, 0.2) is 11.0 Å². The molecule has 2 atom stereocenters. The third-order valence-corrected chi connectivity index (χ3v) is 5.67. The van der Waals surface area contributed by atoms with Crippen LogP contribution in [0.5, 0.6) is 0 Å². The fourth-order valence-corrected chi connectivity index (χ4v) is 4.34. The van der Waals surface area contributed by atoms with Crippen molar-refractivity contribution in [2.24, 2.45) is 7.05 Å². The molecule has 156 valence electrons. The lowest BCUT2D eigenvalue weighted by Crippen LogP contribution is -2.57. The van der Waals surface area contributed by atoms with Crippen LogP contribution in [-0.2, 0) is 11.8 Å². The van der Waals surface area contributed by atoms with Crippen LogP contribution in [0.2, 0.25) is 5.15 Å². The topological polar surface area (TPSA) is 80.6 Å². The van der Waals surface area contributed by atoms with E-state index in [1.165, 1.54) is 13.2 Å². The van der Waals surface area contributed by atoms with Gasteiger partial charge in [-0.25, -0.2) is 19.0 Å². The summed E-state index contributed by atoms with van der Waals surface area (Å²) >= 11 is 5.82. The van der Waals surface area contributed by atoms with E-state index in [0.717, 1.165) is 17.4 Å². The zero-order chi connectivity index (χ0) is 21.1. The lowest BCUT2D eigenvalue weighted by molar-refractivity contribution is 0.0123. The van der Waals surface area contributed by atoms with Gasteiger partial charge in [-0.1, -0.05) is 11.6 Å². The van der Waals surface area contributed by atoms with Gasteiger partial charge in [0.25, 0.3) is 0 Å². The Morgan fingerprint density at radius 1 is 1.28 bits per heavy atom. The van der Waals surface area contributed by atoms with E-state index in [-0.39, 0.29) is 28.8 Å². The van der Waals surface area contributed by atoms with Crippen LogP contribution in [0.3, 0.4) is 0 Å². The maximum absolute atomic E-state index is 14.6. The lowest BCUT2D eigenvalue weighted by Gasteiger charge is -2.42. The Morgan fingerprint density at radius 3 is 2.48 bits per heavy atom. The van der Waals surface area contributed by atoms with Crippen LogP contribution in [0.1, 0.15) is 33.6 Å². The molecule has 2 aromatic rings. The highest BCUT2D eigenvalue weighted by molar-refractivity contribution is 6.30. The second-order valence-electron chi connectivity index (χ2n) is 8.58. The minimum atomic E-state index is -0.747. The molecule has 0 spiro atoms. The summed E-state index contributed by atoms with van der Waals surface area (Å²) in [7, 11) is 1.45. The third kappa shape index (κ3) is 3.41. The van der Waals surface area contributed by atoms with E-state index in [2.05, 4.69) is 9.97 Å². The van der Waals surface area contributed by atoms with Crippen molar-refractivity contribution >= 4 is 34.4 Å². The minimum absolute atomic E-state index is 0.0605. The second kappa shape index (κ2) is 6.83. The highest BCUT2D eigenvalue weighted by Crippen LogP contribution is 2.35. The Morgan fingerprint density at radius 2 is 1.90 bits per heavy atom. The van der Waals surface area contributed by atoms with Crippen molar-refractivity contribution in [2.75, 3.05) is 18.0 Å². The number of carbonyl (C=O) groups is 1. The van der Waals surface area contributed by atoms with Crippen LogP contribution in [-0.4, -0.2) is 56.3 Å². The van der Waals surface area contributed by atoms with Gasteiger partial charge in [0.05, 0.1) is 23.0 Å². The smallest absolute Gasteiger partial charge is 0.410 e. The largest absolute Gasteiger partial charge is 0.444 e. The molecule has 2 saturated heterocycles. The van der Waals surface area contributed by atoms with E-state index in [0.29, 0.717) is 24.3 Å². The summed E-state index contributed by atoms with van der Waals surface area (Å²) in [5, 5.41) is 0.124. The first kappa shape index (κ1) is 19.9. The number of piperazine rings is 1. The lowest BCUT2D eigenvalue weighted by atomic mass is 10.1. The molecule has 2 aliphatic heterocycles. The van der Waals surface area contributed by atoms with Crippen molar-refractivity contribution in [1.29, 1.82) is 0 Å². The van der Waals surface area contributed by atoms with Gasteiger partial charge < -0.3 is 9.64 Å². The van der Waals surface area contributed by atoms with Crippen LogP contribution >= 0.6 is 11.6 Å². The van der Waals surface area contributed by atoms with E-state index in [4.69, 9.17) is 16.3 Å². The number of nitrogens with zero attached hydrogens (tertiary/aromatic N) is 5. The van der Waals surface area contributed by atoms with Crippen molar-refractivity contribution < 1.29 is 13.9 Å². The molecule has 2 bridgehead atoms. The number of pyridine rings is 1. The highest BCUT2D eigenvalue weighted by atomic mass is 35.5. The summed E-state index contributed by atoms with van der Waals surface area (Å²) in [6, 6.07) is -0.121. The van der Waals surface area contributed by atoms with Gasteiger partial charge in [-0.15, -0.1) is 0 Å². The van der Waals surface area contributed by atoms with Gasteiger partial charge in [-0.3, -0.25) is 9.47 Å². The Kier molecular flexibility index (Phi) is 4.68. The number of aryl methyl sites for hydroxylation is 1. The quantitative estimate of drug-likeness (QED) is 0.656. The van der Waals surface area contributed by atoms with E-state index < -0.39 is 17.1 Å². The average Bonchev–Trinajstić information content (AvgIpc) is 2.89. The van der Waals surface area contributed by atoms with Crippen molar-refractivity contribution in [2.45, 2.75) is 51.3 Å². The van der Waals surface area contributed by atoms with Gasteiger partial charge in [0, 0.05) is 26.3 Å². The molecule has 2 fully saturated rings. The normalized spacial score (nSPS) is 21.7. The fourth-order valence-electron chi connectivity index (χ4n) is 4.20. The van der Waals surface area contributed by atoms with Gasteiger partial charge >= 0.3 is 11.8 Å². The van der Waals surface area contributed by atoms with Crippen LogP contribution in [0, 0.1) is 5.82 Å². The van der Waals surface area contributed by atoms with Gasteiger partial charge in [-0.05, 0) is 33.6 Å². The van der Waals surface area contributed by atoms with E-state index in [1.54, 1.807) is 4.90 Å². The molecule has 0 saturated carbocycles. The first-order valence-corrected chi connectivity index (χ1v) is 9.91. The molecule has 0 aliphatic carbocycles. The number of hydrogen-bond acceptors (Lipinski definition) is 6. The van der Waals surface area contributed by atoms with Crippen LogP contribution < -0.4 is 10.6 Å². The minimum Gasteiger partial charge on any atom is -0.444 e. The summed E-state index contributed by atoms with van der Waals surface area (Å²) in [5.41, 5.74) is -1.07. The third-order valence-electron chi connectivity index (χ3n) is 5.40. The first-order valence-electron chi connectivity index (χ1n) is 9.54. The SMILES string of the molecule is Cn1c(=O)nc(N2CC3CCC(C2)N3C(=O)OC(C)(C)C)c2cnc(Cl)c(F)c21. The summed E-state index contributed by atoms with van der Waals surface area (Å²) in [4.78, 5) is 36.8. The van der Waals surface area contributed by atoms with Crippen molar-refractivity contribution in [3.05, 3.63) is 27.7 Å². The monoisotopic (exact) mass is 423 g/mol. The molecule has 0 aromatic carbocycles. The van der Waals surface area contributed by atoms with Gasteiger partial charge in [0.1, 0.15) is 11.4 Å². The van der Waals surface area contributed by atoms with Crippen molar-refractivity contribution in [3.63, 3.8) is 0 Å². The zero-order valence-corrected chi connectivity index (χ0v) is 17.5. The Hall–Kier alpha value is -2.42. The number of hydrogen-bond donors (Lipinski definition) is 0. The Bertz CT molecular complexity index is 1040. The fraction of sp³-hybridized carbons (Fsp3) is 0.579. The first-order chi connectivity index (χ1) is 13.6. The zero-order valence-electron chi connectivity index (χ0n) is 16.8. The van der Waals surface area contributed by atoms with E-state index >= 15 is 0 Å². The van der Waals surface area contributed by atoms with Crippen LogP contribution in [0.4, 0.5) is 15.0 Å². The standard InChI is InChI=1S/C19H23ClFN5O3/c1-19(2,3)29-18(28)26-10-5-6-11(26)9-25(8-10)16-12-7-22-15(20)13(21)14(12)24(4)17(27)23-16/h7,10-11H,5-6,8-9H2,1-4H3. The molecule has 4 rings (SSSR count). The number of amides is 1. The summed E-state index contributed by atoms with van der Waals surface area (Å²) in [6.07, 6.45) is 2.78. The molecule has 1 amide bonds. The number of ether oxygens (including phenoxy) is 1. The molecule has 8 nitrogen and oxygen atoms in total. The molecule has 4 heterocycles. The predicted octanol–water partition coefficient (Wildman–Crippen LogP) is 2.71. The average molecular weight is 424 g/mol.